The van der Waals surface area contributed by atoms with Crippen LogP contribution in [0.4, 0.5) is 17.5 Å². The van der Waals surface area contributed by atoms with Gasteiger partial charge in [-0.1, -0.05) is 6.07 Å². The van der Waals surface area contributed by atoms with E-state index < -0.39 is 0 Å². The van der Waals surface area contributed by atoms with Gasteiger partial charge >= 0.3 is 0 Å². The molecule has 0 spiro atoms. The SMILES string of the molecule is CCNc1nc(Nc2cc(C)cc(C)c2)c2cn[nH]c2n1. The Morgan fingerprint density at radius 3 is 2.57 bits per heavy atom. The fraction of sp³-hybridized carbons (Fsp3) is 0.267. The molecule has 108 valence electrons. The summed E-state index contributed by atoms with van der Waals surface area (Å²) in [4.78, 5) is 8.91. The highest BCUT2D eigenvalue weighted by Gasteiger charge is 2.09. The largest absolute Gasteiger partial charge is 0.354 e. The molecule has 0 aliphatic rings. The molecular weight excluding hydrogens is 264 g/mol. The number of H-pyrrole nitrogens is 1. The number of fused-ring (bicyclic) bond motifs is 1. The monoisotopic (exact) mass is 282 g/mol. The van der Waals surface area contributed by atoms with Crippen LogP contribution in [0.15, 0.2) is 24.4 Å². The lowest BCUT2D eigenvalue weighted by Gasteiger charge is -2.10. The molecule has 3 aromatic rings. The fourth-order valence-corrected chi connectivity index (χ4v) is 2.35. The Kier molecular flexibility index (Phi) is 3.43. The van der Waals surface area contributed by atoms with Crippen molar-refractivity contribution in [3.8, 4) is 0 Å². The predicted octanol–water partition coefficient (Wildman–Crippen LogP) is 3.15. The summed E-state index contributed by atoms with van der Waals surface area (Å²) in [6, 6.07) is 6.32. The molecule has 0 aliphatic carbocycles. The summed E-state index contributed by atoms with van der Waals surface area (Å²) >= 11 is 0. The second-order valence-electron chi connectivity index (χ2n) is 5.06. The lowest BCUT2D eigenvalue weighted by atomic mass is 10.1. The third kappa shape index (κ3) is 2.79. The fourth-order valence-electron chi connectivity index (χ4n) is 2.35. The lowest BCUT2D eigenvalue weighted by Crippen LogP contribution is -2.05. The molecule has 6 nitrogen and oxygen atoms in total. The van der Waals surface area contributed by atoms with Crippen molar-refractivity contribution in [2.24, 2.45) is 0 Å². The van der Waals surface area contributed by atoms with Crippen molar-refractivity contribution in [1.82, 2.24) is 20.2 Å². The molecule has 0 aliphatic heterocycles. The summed E-state index contributed by atoms with van der Waals surface area (Å²) < 4.78 is 0. The van der Waals surface area contributed by atoms with Crippen molar-refractivity contribution in [1.29, 1.82) is 0 Å². The van der Waals surface area contributed by atoms with Crippen molar-refractivity contribution in [2.75, 3.05) is 17.2 Å². The van der Waals surface area contributed by atoms with Crippen LogP contribution >= 0.6 is 0 Å². The van der Waals surface area contributed by atoms with Gasteiger partial charge < -0.3 is 10.6 Å². The van der Waals surface area contributed by atoms with Gasteiger partial charge in [0.05, 0.1) is 11.6 Å². The molecule has 3 rings (SSSR count). The Labute approximate surface area is 123 Å². The van der Waals surface area contributed by atoms with E-state index in [0.29, 0.717) is 11.6 Å². The van der Waals surface area contributed by atoms with E-state index in [1.807, 2.05) is 6.92 Å². The van der Waals surface area contributed by atoms with Gasteiger partial charge in [0.1, 0.15) is 5.82 Å². The predicted molar refractivity (Wildman–Crippen MR) is 85.0 cm³/mol. The van der Waals surface area contributed by atoms with E-state index >= 15 is 0 Å². The number of aromatic amines is 1. The number of anilines is 3. The van der Waals surface area contributed by atoms with Gasteiger partial charge in [0, 0.05) is 12.2 Å². The van der Waals surface area contributed by atoms with Gasteiger partial charge in [0.2, 0.25) is 5.95 Å². The number of hydrogen-bond donors (Lipinski definition) is 3. The van der Waals surface area contributed by atoms with Crippen LogP contribution < -0.4 is 10.6 Å². The number of aromatic nitrogens is 4. The van der Waals surface area contributed by atoms with Crippen molar-refractivity contribution in [3.05, 3.63) is 35.5 Å². The van der Waals surface area contributed by atoms with E-state index in [2.05, 4.69) is 62.8 Å². The van der Waals surface area contributed by atoms with E-state index in [1.54, 1.807) is 6.20 Å². The molecule has 0 bridgehead atoms. The Balaban J connectivity index is 2.04. The van der Waals surface area contributed by atoms with Gasteiger partial charge in [-0.15, -0.1) is 0 Å². The van der Waals surface area contributed by atoms with Crippen LogP contribution in [-0.4, -0.2) is 26.7 Å². The zero-order chi connectivity index (χ0) is 14.8. The molecule has 1 aromatic carbocycles. The Bertz CT molecular complexity index is 757. The number of hydrogen-bond acceptors (Lipinski definition) is 5. The maximum atomic E-state index is 4.52. The molecule has 2 heterocycles. The summed E-state index contributed by atoms with van der Waals surface area (Å²) in [6.45, 7) is 6.94. The molecular formula is C15H18N6. The third-order valence-corrected chi connectivity index (χ3v) is 3.13. The van der Waals surface area contributed by atoms with Crippen molar-refractivity contribution in [2.45, 2.75) is 20.8 Å². The minimum absolute atomic E-state index is 0.584. The van der Waals surface area contributed by atoms with E-state index in [-0.39, 0.29) is 0 Å². The van der Waals surface area contributed by atoms with Crippen LogP contribution in [0.25, 0.3) is 11.0 Å². The minimum Gasteiger partial charge on any atom is -0.354 e. The first-order valence-electron chi connectivity index (χ1n) is 6.96. The maximum Gasteiger partial charge on any atom is 0.226 e. The molecule has 0 amide bonds. The molecule has 2 aromatic heterocycles. The van der Waals surface area contributed by atoms with E-state index in [9.17, 15) is 0 Å². The molecule has 0 fully saturated rings. The number of aryl methyl sites for hydroxylation is 2. The smallest absolute Gasteiger partial charge is 0.226 e. The first kappa shape index (κ1) is 13.4. The van der Waals surface area contributed by atoms with Gasteiger partial charge in [0.15, 0.2) is 5.65 Å². The second-order valence-corrected chi connectivity index (χ2v) is 5.06. The number of rotatable bonds is 4. The summed E-state index contributed by atoms with van der Waals surface area (Å²) in [5.41, 5.74) is 4.15. The van der Waals surface area contributed by atoms with Crippen LogP contribution in [0.5, 0.6) is 0 Å². The lowest BCUT2D eigenvalue weighted by molar-refractivity contribution is 1.07. The normalized spacial score (nSPS) is 10.8. The summed E-state index contributed by atoms with van der Waals surface area (Å²) in [5, 5.41) is 14.3. The van der Waals surface area contributed by atoms with Gasteiger partial charge in [-0.05, 0) is 44.0 Å². The van der Waals surface area contributed by atoms with Gasteiger partial charge in [0.25, 0.3) is 0 Å². The molecule has 6 heteroatoms. The summed E-state index contributed by atoms with van der Waals surface area (Å²) in [7, 11) is 0. The first-order chi connectivity index (χ1) is 10.2. The summed E-state index contributed by atoms with van der Waals surface area (Å²) in [5.74, 6) is 1.33. The molecule has 0 atom stereocenters. The number of nitrogens with one attached hydrogen (secondary N) is 3. The standard InChI is InChI=1S/C15H18N6/c1-4-16-15-19-13(12-8-17-21-14(12)20-15)18-11-6-9(2)5-10(3)7-11/h5-8H,4H2,1-3H3,(H3,16,17,18,19,20,21). The third-order valence-electron chi connectivity index (χ3n) is 3.13. The van der Waals surface area contributed by atoms with Crippen LogP contribution in [0.2, 0.25) is 0 Å². The van der Waals surface area contributed by atoms with E-state index in [4.69, 9.17) is 0 Å². The maximum absolute atomic E-state index is 4.52. The molecule has 21 heavy (non-hydrogen) atoms. The van der Waals surface area contributed by atoms with Gasteiger partial charge in [-0.2, -0.15) is 15.1 Å². The van der Waals surface area contributed by atoms with E-state index in [1.165, 1.54) is 11.1 Å². The topological polar surface area (TPSA) is 78.5 Å². The zero-order valence-electron chi connectivity index (χ0n) is 12.4. The molecule has 0 radical (unpaired) electrons. The summed E-state index contributed by atoms with van der Waals surface area (Å²) in [6.07, 6.45) is 1.73. The van der Waals surface area contributed by atoms with Crippen LogP contribution in [-0.2, 0) is 0 Å². The van der Waals surface area contributed by atoms with Crippen molar-refractivity contribution in [3.63, 3.8) is 0 Å². The average Bonchev–Trinajstić information content (AvgIpc) is 2.86. The van der Waals surface area contributed by atoms with Crippen LogP contribution in [0, 0.1) is 13.8 Å². The molecule has 0 unspecified atom stereocenters. The Hall–Kier alpha value is -2.63. The highest BCUT2D eigenvalue weighted by Crippen LogP contribution is 2.25. The Morgan fingerprint density at radius 2 is 1.86 bits per heavy atom. The number of benzene rings is 1. The molecule has 0 saturated carbocycles. The van der Waals surface area contributed by atoms with Gasteiger partial charge in [-0.3, -0.25) is 5.10 Å². The highest BCUT2D eigenvalue weighted by molar-refractivity contribution is 5.89. The molecule has 0 saturated heterocycles. The van der Waals surface area contributed by atoms with Crippen molar-refractivity contribution < 1.29 is 0 Å². The number of nitrogens with zero attached hydrogens (tertiary/aromatic N) is 3. The highest BCUT2D eigenvalue weighted by atomic mass is 15.2. The Morgan fingerprint density at radius 1 is 1.10 bits per heavy atom. The zero-order valence-corrected chi connectivity index (χ0v) is 12.4. The van der Waals surface area contributed by atoms with Crippen LogP contribution in [0.3, 0.4) is 0 Å². The molecule has 3 N–H and O–H groups in total. The van der Waals surface area contributed by atoms with Crippen LogP contribution in [0.1, 0.15) is 18.1 Å². The average molecular weight is 282 g/mol. The first-order valence-corrected chi connectivity index (χ1v) is 6.96. The minimum atomic E-state index is 0.584. The quantitative estimate of drug-likeness (QED) is 0.685. The van der Waals surface area contributed by atoms with E-state index in [0.717, 1.165) is 23.4 Å². The second kappa shape index (κ2) is 5.40. The van der Waals surface area contributed by atoms with Crippen molar-refractivity contribution >= 4 is 28.5 Å². The van der Waals surface area contributed by atoms with Gasteiger partial charge in [-0.25, -0.2) is 0 Å².